The van der Waals surface area contributed by atoms with E-state index in [1.807, 2.05) is 13.0 Å². The summed E-state index contributed by atoms with van der Waals surface area (Å²) >= 11 is 0. The van der Waals surface area contributed by atoms with Gasteiger partial charge in [-0.25, -0.2) is 0 Å². The fourth-order valence-corrected chi connectivity index (χ4v) is 4.11. The molecule has 2 saturated heterocycles. The molecule has 0 saturated carbocycles. The number of pyridine rings is 1. The number of nitrogens with zero attached hydrogens (tertiary/aromatic N) is 2. The molecule has 6 nitrogen and oxygen atoms in total. The van der Waals surface area contributed by atoms with E-state index >= 15 is 0 Å². The van der Waals surface area contributed by atoms with Crippen LogP contribution in [0.15, 0.2) is 23.0 Å². The first kappa shape index (κ1) is 19.1. The Morgan fingerprint density at radius 2 is 2.08 bits per heavy atom. The SMILES string of the molecule is Cc1cccc(=O)n1CCCNC(=O)[C@H]1CCCN(C2CCOCC2)C1. The Morgan fingerprint density at radius 1 is 1.27 bits per heavy atom. The second kappa shape index (κ2) is 9.33. The first-order valence-electron chi connectivity index (χ1n) is 9.91. The molecule has 1 atom stereocenters. The van der Waals surface area contributed by atoms with Crippen molar-refractivity contribution in [3.8, 4) is 0 Å². The molecule has 1 N–H and O–H groups in total. The molecule has 3 rings (SSSR count). The van der Waals surface area contributed by atoms with Crippen molar-refractivity contribution in [2.75, 3.05) is 32.8 Å². The van der Waals surface area contributed by atoms with E-state index in [2.05, 4.69) is 10.2 Å². The van der Waals surface area contributed by atoms with Gasteiger partial charge in [-0.3, -0.25) is 14.5 Å². The lowest BCUT2D eigenvalue weighted by Crippen LogP contribution is -2.48. The maximum Gasteiger partial charge on any atom is 0.250 e. The monoisotopic (exact) mass is 361 g/mol. The van der Waals surface area contributed by atoms with Gasteiger partial charge in [0.25, 0.3) is 5.56 Å². The molecule has 0 aliphatic carbocycles. The van der Waals surface area contributed by atoms with E-state index < -0.39 is 0 Å². The average molecular weight is 361 g/mol. The second-order valence-electron chi connectivity index (χ2n) is 7.48. The molecule has 0 unspecified atom stereocenters. The number of piperidine rings is 1. The number of rotatable bonds is 6. The fraction of sp³-hybridized carbons (Fsp3) is 0.700. The normalized spacial score (nSPS) is 22.3. The molecule has 144 valence electrons. The summed E-state index contributed by atoms with van der Waals surface area (Å²) < 4.78 is 7.22. The molecule has 26 heavy (non-hydrogen) atoms. The maximum atomic E-state index is 12.5. The van der Waals surface area contributed by atoms with Gasteiger partial charge in [0.2, 0.25) is 5.91 Å². The van der Waals surface area contributed by atoms with Crippen molar-refractivity contribution in [3.05, 3.63) is 34.2 Å². The fourth-order valence-electron chi connectivity index (χ4n) is 4.11. The molecule has 2 fully saturated rings. The van der Waals surface area contributed by atoms with Crippen molar-refractivity contribution in [1.29, 1.82) is 0 Å². The largest absolute Gasteiger partial charge is 0.381 e. The summed E-state index contributed by atoms with van der Waals surface area (Å²) in [6.07, 6.45) is 5.00. The van der Waals surface area contributed by atoms with E-state index in [-0.39, 0.29) is 17.4 Å². The number of hydrogen-bond acceptors (Lipinski definition) is 4. The molecule has 1 amide bonds. The van der Waals surface area contributed by atoms with Crippen LogP contribution in [0.3, 0.4) is 0 Å². The molecule has 0 aromatic carbocycles. The highest BCUT2D eigenvalue weighted by Gasteiger charge is 2.30. The Morgan fingerprint density at radius 3 is 2.85 bits per heavy atom. The Balaban J connectivity index is 1.42. The Kier molecular flexibility index (Phi) is 6.86. The van der Waals surface area contributed by atoms with Gasteiger partial charge in [-0.2, -0.15) is 0 Å². The third kappa shape index (κ3) is 4.95. The summed E-state index contributed by atoms with van der Waals surface area (Å²) in [5.74, 6) is 0.256. The molecular formula is C20H31N3O3. The number of aryl methyl sites for hydroxylation is 1. The number of aromatic nitrogens is 1. The smallest absolute Gasteiger partial charge is 0.250 e. The molecule has 1 aromatic heterocycles. The highest BCUT2D eigenvalue weighted by molar-refractivity contribution is 5.78. The van der Waals surface area contributed by atoms with Crippen molar-refractivity contribution >= 4 is 5.91 Å². The molecule has 3 heterocycles. The molecule has 6 heteroatoms. The second-order valence-corrected chi connectivity index (χ2v) is 7.48. The van der Waals surface area contributed by atoms with Crippen LogP contribution in [0, 0.1) is 12.8 Å². The molecule has 2 aliphatic rings. The van der Waals surface area contributed by atoms with E-state index in [1.165, 1.54) is 0 Å². The van der Waals surface area contributed by atoms with Gasteiger partial charge < -0.3 is 14.6 Å². The van der Waals surface area contributed by atoms with Gasteiger partial charge in [0.15, 0.2) is 0 Å². The van der Waals surface area contributed by atoms with Gasteiger partial charge in [-0.15, -0.1) is 0 Å². The number of nitrogens with one attached hydrogen (secondary N) is 1. The highest BCUT2D eigenvalue weighted by Crippen LogP contribution is 2.23. The quantitative estimate of drug-likeness (QED) is 0.781. The molecule has 2 aliphatic heterocycles. The minimum Gasteiger partial charge on any atom is -0.381 e. The van der Waals surface area contributed by atoms with E-state index in [0.717, 1.165) is 64.1 Å². The van der Waals surface area contributed by atoms with Gasteiger partial charge >= 0.3 is 0 Å². The third-order valence-electron chi connectivity index (χ3n) is 5.66. The number of amides is 1. The first-order chi connectivity index (χ1) is 12.6. The van der Waals surface area contributed by atoms with Crippen molar-refractivity contribution < 1.29 is 9.53 Å². The van der Waals surface area contributed by atoms with Crippen molar-refractivity contribution in [2.24, 2.45) is 5.92 Å². The van der Waals surface area contributed by atoms with E-state index in [1.54, 1.807) is 16.7 Å². The first-order valence-corrected chi connectivity index (χ1v) is 9.91. The third-order valence-corrected chi connectivity index (χ3v) is 5.66. The zero-order valence-electron chi connectivity index (χ0n) is 15.8. The van der Waals surface area contributed by atoms with Crippen molar-refractivity contribution in [3.63, 3.8) is 0 Å². The average Bonchev–Trinajstić information content (AvgIpc) is 2.67. The predicted octanol–water partition coefficient (Wildman–Crippen LogP) is 1.55. The highest BCUT2D eigenvalue weighted by atomic mass is 16.5. The van der Waals surface area contributed by atoms with E-state index in [9.17, 15) is 9.59 Å². The molecule has 0 spiro atoms. The van der Waals surface area contributed by atoms with Gasteiger partial charge in [0, 0.05) is 50.7 Å². The lowest BCUT2D eigenvalue weighted by atomic mass is 9.94. The van der Waals surface area contributed by atoms with Crippen LogP contribution < -0.4 is 10.9 Å². The van der Waals surface area contributed by atoms with Crippen LogP contribution in [0.2, 0.25) is 0 Å². The van der Waals surface area contributed by atoms with Gasteiger partial charge in [-0.05, 0) is 51.6 Å². The van der Waals surface area contributed by atoms with Gasteiger partial charge in [0.1, 0.15) is 0 Å². The summed E-state index contributed by atoms with van der Waals surface area (Å²) in [5, 5.41) is 3.08. The van der Waals surface area contributed by atoms with Crippen LogP contribution in [-0.2, 0) is 16.1 Å². The summed E-state index contributed by atoms with van der Waals surface area (Å²) in [7, 11) is 0. The van der Waals surface area contributed by atoms with Crippen molar-refractivity contribution in [2.45, 2.75) is 51.6 Å². The van der Waals surface area contributed by atoms with Crippen LogP contribution >= 0.6 is 0 Å². The molecule has 0 radical (unpaired) electrons. The minimum absolute atomic E-state index is 0.0238. The maximum absolute atomic E-state index is 12.5. The predicted molar refractivity (Wildman–Crippen MR) is 101 cm³/mol. The zero-order chi connectivity index (χ0) is 18.4. The Hall–Kier alpha value is -1.66. The zero-order valence-corrected chi connectivity index (χ0v) is 15.8. The summed E-state index contributed by atoms with van der Waals surface area (Å²) in [5.41, 5.74) is 0.985. The molecule has 1 aromatic rings. The number of hydrogen-bond donors (Lipinski definition) is 1. The number of ether oxygens (including phenoxy) is 1. The van der Waals surface area contributed by atoms with Crippen molar-refractivity contribution in [1.82, 2.24) is 14.8 Å². The van der Waals surface area contributed by atoms with Gasteiger partial charge in [0.05, 0.1) is 5.92 Å². The van der Waals surface area contributed by atoms with Crippen LogP contribution in [0.25, 0.3) is 0 Å². The number of carbonyl (C=O) groups excluding carboxylic acids is 1. The number of carbonyl (C=O) groups is 1. The summed E-state index contributed by atoms with van der Waals surface area (Å²) in [4.78, 5) is 26.9. The topological polar surface area (TPSA) is 63.6 Å². The standard InChI is InChI=1S/C20H31N3O3/c1-16-5-2-7-19(24)23(16)12-4-10-21-20(25)17-6-3-11-22(15-17)18-8-13-26-14-9-18/h2,5,7,17-18H,3-4,6,8-15H2,1H3,(H,21,25)/t17-/m0/s1. The van der Waals surface area contributed by atoms with Crippen LogP contribution in [0.5, 0.6) is 0 Å². The Labute approximate surface area is 155 Å². The van der Waals surface area contributed by atoms with E-state index in [0.29, 0.717) is 19.1 Å². The number of likely N-dealkylation sites (tertiary alicyclic amines) is 1. The van der Waals surface area contributed by atoms with Crippen LogP contribution in [0.1, 0.15) is 37.8 Å². The van der Waals surface area contributed by atoms with Crippen LogP contribution in [0.4, 0.5) is 0 Å². The molecule has 0 bridgehead atoms. The summed E-state index contributed by atoms with van der Waals surface area (Å²) in [6.45, 7) is 6.86. The van der Waals surface area contributed by atoms with Crippen LogP contribution in [-0.4, -0.2) is 54.3 Å². The lowest BCUT2D eigenvalue weighted by molar-refractivity contribution is -0.127. The van der Waals surface area contributed by atoms with Gasteiger partial charge in [-0.1, -0.05) is 6.07 Å². The molecular weight excluding hydrogens is 330 g/mol. The Bertz CT molecular complexity index is 652. The minimum atomic E-state index is 0.0238. The lowest BCUT2D eigenvalue weighted by Gasteiger charge is -2.39. The summed E-state index contributed by atoms with van der Waals surface area (Å²) in [6, 6.07) is 5.88. The van der Waals surface area contributed by atoms with E-state index in [4.69, 9.17) is 4.74 Å².